The van der Waals surface area contributed by atoms with E-state index in [0.29, 0.717) is 10.7 Å². The molecule has 0 unspecified atom stereocenters. The van der Waals surface area contributed by atoms with E-state index in [1.165, 1.54) is 16.8 Å². The van der Waals surface area contributed by atoms with Crippen LogP contribution < -0.4 is 5.32 Å². The van der Waals surface area contributed by atoms with Crippen LogP contribution in [0.25, 0.3) is 0 Å². The second kappa shape index (κ2) is 6.39. The quantitative estimate of drug-likeness (QED) is 0.836. The van der Waals surface area contributed by atoms with Gasteiger partial charge in [0.1, 0.15) is 10.8 Å². The minimum absolute atomic E-state index is 0.109. The fourth-order valence-corrected chi connectivity index (χ4v) is 2.68. The van der Waals surface area contributed by atoms with E-state index in [2.05, 4.69) is 10.3 Å². The van der Waals surface area contributed by atoms with Crippen molar-refractivity contribution in [1.29, 1.82) is 0 Å². The van der Waals surface area contributed by atoms with Gasteiger partial charge in [-0.2, -0.15) is 0 Å². The van der Waals surface area contributed by atoms with Gasteiger partial charge in [0.2, 0.25) is 0 Å². The number of anilines is 2. The lowest BCUT2D eigenvalue weighted by Gasteiger charge is -2.10. The van der Waals surface area contributed by atoms with E-state index in [0.717, 1.165) is 12.1 Å². The molecule has 8 heteroatoms. The van der Waals surface area contributed by atoms with Gasteiger partial charge in [0, 0.05) is 0 Å². The lowest BCUT2D eigenvalue weighted by atomic mass is 10.3. The molecule has 4 nitrogen and oxygen atoms in total. The van der Waals surface area contributed by atoms with E-state index in [4.69, 9.17) is 27.9 Å². The summed E-state index contributed by atoms with van der Waals surface area (Å²) in [5.74, 6) is -1.09. The number of ether oxygens (including phenoxy) is 1. The van der Waals surface area contributed by atoms with Crippen LogP contribution in [0.3, 0.4) is 0 Å². The van der Waals surface area contributed by atoms with Gasteiger partial charge >= 0.3 is 5.97 Å². The van der Waals surface area contributed by atoms with Crippen molar-refractivity contribution >= 4 is 51.2 Å². The maximum atomic E-state index is 13.1. The minimum Gasteiger partial charge on any atom is -0.461 e. The molecule has 0 radical (unpaired) electrons. The number of nitrogens with one attached hydrogen (secondary N) is 1. The van der Waals surface area contributed by atoms with E-state index in [1.807, 2.05) is 0 Å². The van der Waals surface area contributed by atoms with Gasteiger partial charge in [-0.3, -0.25) is 0 Å². The largest absolute Gasteiger partial charge is 0.461 e. The summed E-state index contributed by atoms with van der Waals surface area (Å²) in [6, 6.07) is 2.25. The van der Waals surface area contributed by atoms with Crippen molar-refractivity contribution < 1.29 is 13.9 Å². The Morgan fingerprint density at radius 3 is 2.70 bits per heavy atom. The molecule has 20 heavy (non-hydrogen) atoms. The Labute approximate surface area is 128 Å². The SMILES string of the molecule is CCOC(=O)c1ncsc1Nc1c(Cl)cc(F)cc1Cl. The van der Waals surface area contributed by atoms with Gasteiger partial charge in [-0.1, -0.05) is 23.2 Å². The topological polar surface area (TPSA) is 51.2 Å². The Balaban J connectivity index is 2.32. The number of carbonyl (C=O) groups excluding carboxylic acids is 1. The van der Waals surface area contributed by atoms with Crippen molar-refractivity contribution in [2.24, 2.45) is 0 Å². The Bertz CT molecular complexity index is 625. The summed E-state index contributed by atoms with van der Waals surface area (Å²) in [6.07, 6.45) is 0. The molecule has 0 saturated heterocycles. The average molecular weight is 335 g/mol. The molecular weight excluding hydrogens is 326 g/mol. The maximum absolute atomic E-state index is 13.1. The zero-order valence-electron chi connectivity index (χ0n) is 10.2. The molecule has 0 spiro atoms. The Morgan fingerprint density at radius 2 is 2.10 bits per heavy atom. The third-order valence-electron chi connectivity index (χ3n) is 2.28. The van der Waals surface area contributed by atoms with Crippen molar-refractivity contribution in [3.05, 3.63) is 39.2 Å². The van der Waals surface area contributed by atoms with Gasteiger partial charge < -0.3 is 10.1 Å². The van der Waals surface area contributed by atoms with Crippen molar-refractivity contribution in [3.63, 3.8) is 0 Å². The highest BCUT2D eigenvalue weighted by atomic mass is 35.5. The number of hydrogen-bond acceptors (Lipinski definition) is 5. The van der Waals surface area contributed by atoms with E-state index >= 15 is 0 Å². The predicted octanol–water partition coefficient (Wildman–Crippen LogP) is 4.51. The molecule has 1 aromatic heterocycles. The average Bonchev–Trinajstić information content (AvgIpc) is 2.82. The third kappa shape index (κ3) is 3.20. The number of thiazole rings is 1. The third-order valence-corrected chi connectivity index (χ3v) is 3.62. The molecule has 0 fully saturated rings. The molecule has 0 amide bonds. The van der Waals surface area contributed by atoms with Crippen LogP contribution in [0, 0.1) is 5.82 Å². The summed E-state index contributed by atoms with van der Waals surface area (Å²) in [5, 5.41) is 3.53. The molecule has 1 heterocycles. The summed E-state index contributed by atoms with van der Waals surface area (Å²) in [5.41, 5.74) is 1.93. The highest BCUT2D eigenvalue weighted by Crippen LogP contribution is 2.36. The van der Waals surface area contributed by atoms with Crippen LogP contribution in [0.15, 0.2) is 17.6 Å². The molecule has 2 rings (SSSR count). The molecule has 1 aromatic carbocycles. The molecule has 106 valence electrons. The van der Waals surface area contributed by atoms with Gasteiger partial charge in [-0.15, -0.1) is 11.3 Å². The van der Waals surface area contributed by atoms with Crippen LogP contribution in [-0.2, 0) is 4.74 Å². The van der Waals surface area contributed by atoms with Crippen molar-refractivity contribution in [2.75, 3.05) is 11.9 Å². The van der Waals surface area contributed by atoms with Crippen molar-refractivity contribution in [1.82, 2.24) is 4.98 Å². The summed E-state index contributed by atoms with van der Waals surface area (Å²) in [4.78, 5) is 15.6. The van der Waals surface area contributed by atoms with Gasteiger partial charge in [0.05, 0.1) is 27.9 Å². The summed E-state index contributed by atoms with van der Waals surface area (Å²) >= 11 is 13.0. The number of esters is 1. The lowest BCUT2D eigenvalue weighted by Crippen LogP contribution is -2.07. The highest BCUT2D eigenvalue weighted by Gasteiger charge is 2.18. The Morgan fingerprint density at radius 1 is 1.45 bits per heavy atom. The number of benzene rings is 1. The van der Waals surface area contributed by atoms with Gasteiger partial charge in [-0.05, 0) is 19.1 Å². The van der Waals surface area contributed by atoms with Gasteiger partial charge in [0.15, 0.2) is 5.69 Å². The van der Waals surface area contributed by atoms with E-state index < -0.39 is 11.8 Å². The molecule has 1 N–H and O–H groups in total. The maximum Gasteiger partial charge on any atom is 0.360 e. The smallest absolute Gasteiger partial charge is 0.360 e. The summed E-state index contributed by atoms with van der Waals surface area (Å²) in [6.45, 7) is 1.94. The van der Waals surface area contributed by atoms with E-state index in [1.54, 1.807) is 6.92 Å². The first-order chi connectivity index (χ1) is 9.52. The Kier molecular flexibility index (Phi) is 4.80. The first kappa shape index (κ1) is 15.0. The van der Waals surface area contributed by atoms with Crippen LogP contribution in [0.1, 0.15) is 17.4 Å². The molecular formula is C12H9Cl2FN2O2S. The summed E-state index contributed by atoms with van der Waals surface area (Å²) in [7, 11) is 0. The number of rotatable bonds is 4. The van der Waals surface area contributed by atoms with Crippen molar-refractivity contribution in [2.45, 2.75) is 6.92 Å². The second-order valence-electron chi connectivity index (χ2n) is 3.62. The molecule has 0 bridgehead atoms. The first-order valence-electron chi connectivity index (χ1n) is 5.55. The normalized spacial score (nSPS) is 10.4. The van der Waals surface area contributed by atoms with Crippen LogP contribution in [-0.4, -0.2) is 17.6 Å². The molecule has 2 aromatic rings. The Hall–Kier alpha value is -1.37. The number of halogens is 3. The number of aromatic nitrogens is 1. The molecule has 0 aliphatic rings. The number of nitrogens with zero attached hydrogens (tertiary/aromatic N) is 1. The summed E-state index contributed by atoms with van der Waals surface area (Å²) < 4.78 is 18.0. The number of carbonyl (C=O) groups is 1. The predicted molar refractivity (Wildman–Crippen MR) is 77.8 cm³/mol. The fourth-order valence-electron chi connectivity index (χ4n) is 1.45. The van der Waals surface area contributed by atoms with Crippen molar-refractivity contribution in [3.8, 4) is 0 Å². The lowest BCUT2D eigenvalue weighted by molar-refractivity contribution is 0.0521. The van der Waals surface area contributed by atoms with Crippen LogP contribution in [0.2, 0.25) is 10.0 Å². The minimum atomic E-state index is -0.550. The molecule has 0 aliphatic carbocycles. The molecule has 0 aliphatic heterocycles. The van der Waals surface area contributed by atoms with Crippen LogP contribution in [0.4, 0.5) is 15.1 Å². The van der Waals surface area contributed by atoms with Gasteiger partial charge in [-0.25, -0.2) is 14.2 Å². The number of hydrogen-bond donors (Lipinski definition) is 1. The second-order valence-corrected chi connectivity index (χ2v) is 5.29. The van der Waals surface area contributed by atoms with Crippen LogP contribution in [0.5, 0.6) is 0 Å². The molecule has 0 atom stereocenters. The monoisotopic (exact) mass is 334 g/mol. The van der Waals surface area contributed by atoms with E-state index in [-0.39, 0.29) is 22.3 Å². The van der Waals surface area contributed by atoms with E-state index in [9.17, 15) is 9.18 Å². The molecule has 0 saturated carbocycles. The van der Waals surface area contributed by atoms with Gasteiger partial charge in [0.25, 0.3) is 0 Å². The standard InChI is InChI=1S/C12H9Cl2FN2O2S/c1-2-19-12(18)10-11(20-5-16-10)17-9-7(13)3-6(15)4-8(9)14/h3-5,17H,2H2,1H3. The first-order valence-corrected chi connectivity index (χ1v) is 7.18. The zero-order chi connectivity index (χ0) is 14.7. The van der Waals surface area contributed by atoms with Crippen LogP contribution >= 0.6 is 34.5 Å². The zero-order valence-corrected chi connectivity index (χ0v) is 12.6. The fraction of sp³-hybridized carbons (Fsp3) is 0.167. The highest BCUT2D eigenvalue weighted by molar-refractivity contribution is 7.14.